The Bertz CT molecular complexity index is 1530. The van der Waals surface area contributed by atoms with Crippen LogP contribution in [0, 0.1) is 13.8 Å². The Kier molecular flexibility index (Phi) is 31.0. The number of hydrogen-bond acceptors (Lipinski definition) is 9. The molecule has 3 rings (SSSR count). The van der Waals surface area contributed by atoms with Gasteiger partial charge in [0.05, 0.1) is 12.1 Å². The van der Waals surface area contributed by atoms with Gasteiger partial charge < -0.3 is 26.0 Å². The molecular formula is C46H69N5O7. The summed E-state index contributed by atoms with van der Waals surface area (Å²) < 4.78 is 0. The molecule has 1 heterocycles. The summed E-state index contributed by atoms with van der Waals surface area (Å²) in [7, 11) is 0. The summed E-state index contributed by atoms with van der Waals surface area (Å²) in [5, 5.41) is 15.6. The topological polar surface area (TPSA) is 175 Å². The molecule has 0 radical (unpaired) electrons. The second-order valence-corrected chi connectivity index (χ2v) is 13.6. The highest BCUT2D eigenvalue weighted by Crippen LogP contribution is 2.09. The molecule has 3 aromatic rings. The van der Waals surface area contributed by atoms with Gasteiger partial charge in [0.2, 0.25) is 17.7 Å². The minimum absolute atomic E-state index is 0.00865. The maximum Gasteiger partial charge on any atom is 0.221 e. The molecule has 0 spiro atoms. The number of ketones is 3. The number of nitrogens with zero attached hydrogens (tertiary/aromatic N) is 2. The fourth-order valence-electron chi connectivity index (χ4n) is 5.32. The molecule has 12 heteroatoms. The van der Waals surface area contributed by atoms with Crippen molar-refractivity contribution in [1.29, 1.82) is 0 Å². The SMILES string of the molecule is CCNC(=O)CCC(=O)[C@H](CCCCN(CC)CC)NC(=O)CCC(=O)[C@H](C)NC(=O)CCC(=O)c1cccnc1.CCO.Cc1ccccc1.Cc1ccccc1. The van der Waals surface area contributed by atoms with Crippen LogP contribution in [-0.2, 0) is 24.0 Å². The Balaban J connectivity index is 0.00000155. The predicted molar refractivity (Wildman–Crippen MR) is 231 cm³/mol. The van der Waals surface area contributed by atoms with Crippen molar-refractivity contribution in [3.63, 3.8) is 0 Å². The van der Waals surface area contributed by atoms with E-state index in [1.165, 1.54) is 24.2 Å². The molecule has 0 bridgehead atoms. The molecule has 320 valence electrons. The second-order valence-electron chi connectivity index (χ2n) is 13.6. The number of carbonyl (C=O) groups excluding carboxylic acids is 6. The summed E-state index contributed by atoms with van der Waals surface area (Å²) in [5.41, 5.74) is 3.06. The molecule has 0 unspecified atom stereocenters. The quantitative estimate of drug-likeness (QED) is 0.0665. The van der Waals surface area contributed by atoms with Gasteiger partial charge in [0.1, 0.15) is 0 Å². The standard InChI is InChI=1S/C30H47N5O6.2C7H8.C2H6O/c1-5-32-28(39)16-15-27(38)24(12-8-9-20-35(6-2)7-3)34-30(41)17-13-25(36)22(4)33-29(40)18-14-26(37)23-11-10-19-31-21-23;2*1-7-5-3-2-4-6-7;1-2-3/h10-11,19,21-22,24H,5-9,12-18,20H2,1-4H3,(H,32,39)(H,33,40)(H,34,41);2*2-6H,1H3;3H,2H2,1H3/t22-,24-;;;/m0.../s1. The molecule has 0 fully saturated rings. The molecule has 4 N–H and O–H groups in total. The van der Waals surface area contributed by atoms with Crippen molar-refractivity contribution in [3.05, 3.63) is 102 Å². The summed E-state index contributed by atoms with van der Waals surface area (Å²) >= 11 is 0. The Hall–Kier alpha value is -5.07. The molecule has 3 amide bonds. The van der Waals surface area contributed by atoms with Crippen LogP contribution in [0.2, 0.25) is 0 Å². The maximum absolute atomic E-state index is 12.8. The molecule has 0 aliphatic carbocycles. The van der Waals surface area contributed by atoms with Crippen LogP contribution >= 0.6 is 0 Å². The number of nitrogens with one attached hydrogen (secondary N) is 3. The summed E-state index contributed by atoms with van der Waals surface area (Å²) in [6.45, 7) is 16.9. The number of amides is 3. The molecule has 0 saturated carbocycles. The zero-order chi connectivity index (χ0) is 43.6. The number of hydrogen-bond donors (Lipinski definition) is 4. The van der Waals surface area contributed by atoms with Crippen LogP contribution in [0.25, 0.3) is 0 Å². The first-order valence-electron chi connectivity index (χ1n) is 20.5. The molecule has 58 heavy (non-hydrogen) atoms. The Morgan fingerprint density at radius 3 is 1.66 bits per heavy atom. The molecule has 2 atom stereocenters. The van der Waals surface area contributed by atoms with Crippen LogP contribution < -0.4 is 16.0 Å². The largest absolute Gasteiger partial charge is 0.397 e. The third-order valence-corrected chi connectivity index (χ3v) is 8.71. The van der Waals surface area contributed by atoms with Gasteiger partial charge in [-0.2, -0.15) is 0 Å². The first kappa shape index (κ1) is 52.9. The molecule has 12 nitrogen and oxygen atoms in total. The van der Waals surface area contributed by atoms with E-state index in [-0.39, 0.29) is 68.4 Å². The highest BCUT2D eigenvalue weighted by atomic mass is 16.2. The van der Waals surface area contributed by atoms with Gasteiger partial charge in [0.25, 0.3) is 0 Å². The molecule has 2 aromatic carbocycles. The van der Waals surface area contributed by atoms with E-state index >= 15 is 0 Å². The lowest BCUT2D eigenvalue weighted by atomic mass is 10.0. The second kappa shape index (κ2) is 34.0. The minimum atomic E-state index is -0.821. The van der Waals surface area contributed by atoms with Crippen molar-refractivity contribution in [1.82, 2.24) is 25.8 Å². The van der Waals surface area contributed by atoms with E-state index in [0.29, 0.717) is 18.5 Å². The first-order valence-corrected chi connectivity index (χ1v) is 20.5. The fraction of sp³-hybridized carbons (Fsp3) is 0.500. The van der Waals surface area contributed by atoms with Gasteiger partial charge in [-0.25, -0.2) is 0 Å². The normalized spacial score (nSPS) is 11.1. The van der Waals surface area contributed by atoms with Crippen LogP contribution in [0.15, 0.2) is 85.2 Å². The van der Waals surface area contributed by atoms with E-state index in [1.807, 2.05) is 36.4 Å². The van der Waals surface area contributed by atoms with Gasteiger partial charge >= 0.3 is 0 Å². The van der Waals surface area contributed by atoms with Crippen LogP contribution in [0.4, 0.5) is 0 Å². The van der Waals surface area contributed by atoms with Crippen molar-refractivity contribution in [2.24, 2.45) is 0 Å². The zero-order valence-electron chi connectivity index (χ0n) is 35.9. The number of unbranched alkanes of at least 4 members (excludes halogenated alkanes) is 1. The van der Waals surface area contributed by atoms with Gasteiger partial charge in [-0.3, -0.25) is 33.8 Å². The van der Waals surface area contributed by atoms with Crippen LogP contribution in [-0.4, -0.2) is 94.9 Å². The van der Waals surface area contributed by atoms with Gasteiger partial charge in [0.15, 0.2) is 17.3 Å². The van der Waals surface area contributed by atoms with Crippen molar-refractivity contribution >= 4 is 35.1 Å². The minimum Gasteiger partial charge on any atom is -0.397 e. The third-order valence-electron chi connectivity index (χ3n) is 8.71. The van der Waals surface area contributed by atoms with Crippen LogP contribution in [0.1, 0.15) is 114 Å². The number of aryl methyl sites for hydroxylation is 2. The van der Waals surface area contributed by atoms with E-state index in [0.717, 1.165) is 32.5 Å². The number of aromatic nitrogens is 1. The number of rotatable bonds is 22. The monoisotopic (exact) mass is 804 g/mol. The number of aliphatic hydroxyl groups is 1. The number of pyridine rings is 1. The van der Waals surface area contributed by atoms with E-state index in [1.54, 1.807) is 32.2 Å². The molecule has 0 aliphatic heterocycles. The smallest absolute Gasteiger partial charge is 0.221 e. The molecule has 0 saturated heterocycles. The first-order chi connectivity index (χ1) is 27.8. The summed E-state index contributed by atoms with van der Waals surface area (Å²) in [6.07, 6.45) is 4.83. The highest BCUT2D eigenvalue weighted by Gasteiger charge is 2.23. The Labute approximate surface area is 347 Å². The van der Waals surface area contributed by atoms with Crippen molar-refractivity contribution in [2.75, 3.05) is 32.8 Å². The average molecular weight is 804 g/mol. The number of benzene rings is 2. The lowest BCUT2D eigenvalue weighted by Crippen LogP contribution is -2.42. The molecular weight excluding hydrogens is 735 g/mol. The van der Waals surface area contributed by atoms with E-state index in [9.17, 15) is 28.8 Å². The Morgan fingerprint density at radius 1 is 0.655 bits per heavy atom. The van der Waals surface area contributed by atoms with Crippen LogP contribution in [0.5, 0.6) is 0 Å². The van der Waals surface area contributed by atoms with Crippen LogP contribution in [0.3, 0.4) is 0 Å². The van der Waals surface area contributed by atoms with Crippen molar-refractivity contribution < 1.29 is 33.9 Å². The number of carbonyl (C=O) groups is 6. The lowest BCUT2D eigenvalue weighted by Gasteiger charge is -2.20. The van der Waals surface area contributed by atoms with Crippen molar-refractivity contribution in [3.8, 4) is 0 Å². The molecule has 0 aliphatic rings. The third kappa shape index (κ3) is 27.5. The van der Waals surface area contributed by atoms with E-state index in [2.05, 4.69) is 77.8 Å². The number of Topliss-reactive ketones (excluding diaryl/α,β-unsaturated/α-hetero) is 3. The average Bonchev–Trinajstić information content (AvgIpc) is 3.22. The van der Waals surface area contributed by atoms with Gasteiger partial charge in [0, 0.05) is 69.6 Å². The zero-order valence-corrected chi connectivity index (χ0v) is 35.9. The fourth-order valence-corrected chi connectivity index (χ4v) is 5.32. The molecule has 1 aromatic heterocycles. The highest BCUT2D eigenvalue weighted by molar-refractivity contribution is 5.98. The summed E-state index contributed by atoms with van der Waals surface area (Å²) in [5.74, 6) is -1.83. The summed E-state index contributed by atoms with van der Waals surface area (Å²) in [4.78, 5) is 80.4. The number of aliphatic hydroxyl groups excluding tert-OH is 1. The lowest BCUT2D eigenvalue weighted by molar-refractivity contribution is -0.131. The van der Waals surface area contributed by atoms with Gasteiger partial charge in [-0.15, -0.1) is 0 Å². The van der Waals surface area contributed by atoms with E-state index < -0.39 is 23.9 Å². The predicted octanol–water partition coefficient (Wildman–Crippen LogP) is 6.37. The Morgan fingerprint density at radius 2 is 1.17 bits per heavy atom. The van der Waals surface area contributed by atoms with Gasteiger partial charge in [-0.05, 0) is 85.6 Å². The van der Waals surface area contributed by atoms with Gasteiger partial charge in [-0.1, -0.05) is 85.6 Å². The van der Waals surface area contributed by atoms with E-state index in [4.69, 9.17) is 5.11 Å². The van der Waals surface area contributed by atoms with Crippen molar-refractivity contribution in [2.45, 2.75) is 118 Å². The maximum atomic E-state index is 12.8. The summed E-state index contributed by atoms with van der Waals surface area (Å²) in [6, 6.07) is 22.2.